The second-order valence-electron chi connectivity index (χ2n) is 4.24. The molecule has 1 rings (SSSR count). The van der Waals surface area contributed by atoms with Gasteiger partial charge in [-0.15, -0.1) is 35.3 Å². The molecule has 0 bridgehead atoms. The lowest BCUT2D eigenvalue weighted by Gasteiger charge is -2.11. The summed E-state index contributed by atoms with van der Waals surface area (Å²) in [5, 5.41) is 8.36. The minimum absolute atomic E-state index is 0. The minimum atomic E-state index is -2.87. The number of hydrogen-bond acceptors (Lipinski definition) is 4. The van der Waals surface area contributed by atoms with Gasteiger partial charge in [0.15, 0.2) is 5.96 Å². The number of hydrogen-bond donors (Lipinski definition) is 2. The van der Waals surface area contributed by atoms with Crippen molar-refractivity contribution in [1.82, 2.24) is 10.6 Å². The summed E-state index contributed by atoms with van der Waals surface area (Å²) in [6.45, 7) is 1.41. The highest BCUT2D eigenvalue weighted by Gasteiger charge is 2.02. The third-order valence-corrected chi connectivity index (χ3v) is 4.42. The van der Waals surface area contributed by atoms with Gasteiger partial charge < -0.3 is 10.6 Å². The molecule has 20 heavy (non-hydrogen) atoms. The summed E-state index contributed by atoms with van der Waals surface area (Å²) >= 11 is 1.74. The normalized spacial score (nSPS) is 11.8. The van der Waals surface area contributed by atoms with Crippen LogP contribution in [-0.4, -0.2) is 46.5 Å². The molecule has 5 nitrogen and oxygen atoms in total. The zero-order valence-corrected chi connectivity index (χ0v) is 15.7. The molecule has 0 aliphatic heterocycles. The summed E-state index contributed by atoms with van der Waals surface area (Å²) < 4.78 is 22.0. The maximum absolute atomic E-state index is 11.0. The fourth-order valence-corrected chi connectivity index (χ4v) is 2.90. The number of nitrogens with zero attached hydrogens (tertiary/aromatic N) is 1. The molecule has 0 amide bonds. The van der Waals surface area contributed by atoms with Crippen LogP contribution in [0.1, 0.15) is 11.3 Å². The summed E-state index contributed by atoms with van der Waals surface area (Å²) in [4.78, 5) is 5.42. The summed E-state index contributed by atoms with van der Waals surface area (Å²) in [7, 11) is -1.17. The van der Waals surface area contributed by atoms with Gasteiger partial charge in [0.05, 0.1) is 5.75 Å². The number of sulfone groups is 1. The Hall–Kier alpha value is -0.350. The van der Waals surface area contributed by atoms with Crippen LogP contribution in [-0.2, 0) is 16.3 Å². The number of thiophene rings is 1. The third-order valence-electron chi connectivity index (χ3n) is 2.45. The van der Waals surface area contributed by atoms with Gasteiger partial charge in [0, 0.05) is 31.3 Å². The Kier molecular flexibility index (Phi) is 10.2. The molecule has 1 aromatic heterocycles. The predicted molar refractivity (Wildman–Crippen MR) is 97.1 cm³/mol. The van der Waals surface area contributed by atoms with Crippen molar-refractivity contribution >= 4 is 51.1 Å². The van der Waals surface area contributed by atoms with Gasteiger partial charge in [-0.05, 0) is 24.3 Å². The van der Waals surface area contributed by atoms with Gasteiger partial charge in [0.1, 0.15) is 9.84 Å². The van der Waals surface area contributed by atoms with Gasteiger partial charge in [0.25, 0.3) is 0 Å². The fraction of sp³-hybridized carbons (Fsp3) is 0.583. The largest absolute Gasteiger partial charge is 0.356 e. The van der Waals surface area contributed by atoms with Crippen LogP contribution in [0.4, 0.5) is 0 Å². The minimum Gasteiger partial charge on any atom is -0.356 e. The number of nitrogens with one attached hydrogen (secondary N) is 2. The Morgan fingerprint density at radius 2 is 2.05 bits per heavy atom. The first kappa shape index (κ1) is 19.7. The zero-order chi connectivity index (χ0) is 14.1. The predicted octanol–water partition coefficient (Wildman–Crippen LogP) is 1.51. The van der Waals surface area contributed by atoms with Crippen molar-refractivity contribution in [2.45, 2.75) is 12.8 Å². The van der Waals surface area contributed by atoms with E-state index in [2.05, 4.69) is 27.1 Å². The van der Waals surface area contributed by atoms with Crippen molar-refractivity contribution in [1.29, 1.82) is 0 Å². The van der Waals surface area contributed by atoms with Gasteiger partial charge in [-0.2, -0.15) is 0 Å². The van der Waals surface area contributed by atoms with Crippen LogP contribution in [0.3, 0.4) is 0 Å². The van der Waals surface area contributed by atoms with E-state index in [9.17, 15) is 8.42 Å². The van der Waals surface area contributed by atoms with E-state index in [1.165, 1.54) is 11.1 Å². The molecule has 0 radical (unpaired) electrons. The highest BCUT2D eigenvalue weighted by molar-refractivity contribution is 14.0. The molecule has 0 aliphatic carbocycles. The van der Waals surface area contributed by atoms with Crippen LogP contribution in [0, 0.1) is 0 Å². The molecule has 2 N–H and O–H groups in total. The summed E-state index contributed by atoms with van der Waals surface area (Å²) in [5.41, 5.74) is 0. The number of rotatable bonds is 7. The lowest BCUT2D eigenvalue weighted by molar-refractivity contribution is 0.598. The molecule has 0 aliphatic rings. The fourth-order valence-electron chi connectivity index (χ4n) is 1.52. The lowest BCUT2D eigenvalue weighted by Crippen LogP contribution is -2.39. The highest BCUT2D eigenvalue weighted by atomic mass is 127. The molecule has 0 spiro atoms. The van der Waals surface area contributed by atoms with Crippen molar-refractivity contribution in [3.8, 4) is 0 Å². The molecule has 0 saturated carbocycles. The van der Waals surface area contributed by atoms with E-state index in [0.29, 0.717) is 18.9 Å². The van der Waals surface area contributed by atoms with Crippen molar-refractivity contribution < 1.29 is 8.42 Å². The van der Waals surface area contributed by atoms with Crippen LogP contribution >= 0.6 is 35.3 Å². The van der Waals surface area contributed by atoms with Crippen LogP contribution in [0.5, 0.6) is 0 Å². The maximum atomic E-state index is 11.0. The first-order valence-electron chi connectivity index (χ1n) is 6.16. The zero-order valence-electron chi connectivity index (χ0n) is 11.8. The third kappa shape index (κ3) is 9.54. The van der Waals surface area contributed by atoms with Crippen LogP contribution in [0.15, 0.2) is 22.5 Å². The van der Waals surface area contributed by atoms with E-state index >= 15 is 0 Å². The Morgan fingerprint density at radius 3 is 2.60 bits per heavy atom. The molecule has 0 aromatic carbocycles. The quantitative estimate of drug-likeness (QED) is 0.297. The Labute approximate surface area is 142 Å². The first-order chi connectivity index (χ1) is 9.01. The second-order valence-corrected chi connectivity index (χ2v) is 7.53. The summed E-state index contributed by atoms with van der Waals surface area (Å²) in [5.74, 6) is 0.914. The van der Waals surface area contributed by atoms with Crippen molar-refractivity contribution in [3.63, 3.8) is 0 Å². The molecule has 1 aromatic rings. The summed E-state index contributed by atoms with van der Waals surface area (Å²) in [6, 6.07) is 4.15. The molecule has 8 heteroatoms. The van der Waals surface area contributed by atoms with E-state index in [0.717, 1.165) is 13.0 Å². The standard InChI is InChI=1S/C12H21N3O2S2.HI/c1-13-12(14-7-4-10-19(2,16)17)15-8-6-11-5-3-9-18-11;/h3,5,9H,4,6-8,10H2,1-2H3,(H2,13,14,15);1H. The summed E-state index contributed by atoms with van der Waals surface area (Å²) in [6.07, 6.45) is 2.80. The average molecular weight is 431 g/mol. The molecule has 0 atom stereocenters. The van der Waals surface area contributed by atoms with Crippen LogP contribution < -0.4 is 10.6 Å². The Balaban J connectivity index is 0.00000361. The van der Waals surface area contributed by atoms with Crippen LogP contribution in [0.2, 0.25) is 0 Å². The van der Waals surface area contributed by atoms with E-state index < -0.39 is 9.84 Å². The van der Waals surface area contributed by atoms with E-state index in [4.69, 9.17) is 0 Å². The van der Waals surface area contributed by atoms with Gasteiger partial charge in [-0.3, -0.25) is 4.99 Å². The van der Waals surface area contributed by atoms with Crippen molar-refractivity contribution in [2.75, 3.05) is 32.1 Å². The smallest absolute Gasteiger partial charge is 0.190 e. The Morgan fingerprint density at radius 1 is 1.35 bits per heavy atom. The number of halogens is 1. The van der Waals surface area contributed by atoms with E-state index in [1.54, 1.807) is 18.4 Å². The van der Waals surface area contributed by atoms with E-state index in [1.807, 2.05) is 6.07 Å². The topological polar surface area (TPSA) is 70.6 Å². The molecule has 0 saturated heterocycles. The molecule has 1 heterocycles. The van der Waals surface area contributed by atoms with Crippen molar-refractivity contribution in [3.05, 3.63) is 22.4 Å². The number of aliphatic imine (C=N–C) groups is 1. The first-order valence-corrected chi connectivity index (χ1v) is 9.10. The van der Waals surface area contributed by atoms with Gasteiger partial charge >= 0.3 is 0 Å². The van der Waals surface area contributed by atoms with Crippen LogP contribution in [0.25, 0.3) is 0 Å². The molecular formula is C12H22IN3O2S2. The number of guanidine groups is 1. The van der Waals surface area contributed by atoms with E-state index in [-0.39, 0.29) is 29.7 Å². The maximum Gasteiger partial charge on any atom is 0.190 e. The monoisotopic (exact) mass is 431 g/mol. The van der Waals surface area contributed by atoms with Gasteiger partial charge in [-0.1, -0.05) is 6.07 Å². The second kappa shape index (κ2) is 10.4. The SMILES string of the molecule is CN=C(NCCCS(C)(=O)=O)NCCc1cccs1.I. The highest BCUT2D eigenvalue weighted by Crippen LogP contribution is 2.07. The molecular weight excluding hydrogens is 409 g/mol. The Bertz CT molecular complexity index is 487. The molecule has 0 fully saturated rings. The molecule has 116 valence electrons. The van der Waals surface area contributed by atoms with Crippen molar-refractivity contribution in [2.24, 2.45) is 4.99 Å². The van der Waals surface area contributed by atoms with Gasteiger partial charge in [-0.25, -0.2) is 8.42 Å². The van der Waals surface area contributed by atoms with Gasteiger partial charge in [0.2, 0.25) is 0 Å². The average Bonchev–Trinajstić information content (AvgIpc) is 2.84. The molecule has 0 unspecified atom stereocenters. The lowest BCUT2D eigenvalue weighted by atomic mass is 10.3.